The van der Waals surface area contributed by atoms with E-state index in [4.69, 9.17) is 16.3 Å². The Morgan fingerprint density at radius 1 is 1.36 bits per heavy atom. The first-order chi connectivity index (χ1) is 10.7. The Hall–Kier alpha value is -1.62. The molecule has 0 aliphatic rings. The van der Waals surface area contributed by atoms with Gasteiger partial charge in [0.05, 0.1) is 6.61 Å². The number of rotatable bonds is 7. The molecule has 1 heterocycles. The molecule has 0 saturated carbocycles. The van der Waals surface area contributed by atoms with Gasteiger partial charge >= 0.3 is 0 Å². The second kappa shape index (κ2) is 8.73. The monoisotopic (exact) mass is 335 g/mol. The predicted molar refractivity (Wildman–Crippen MR) is 92.1 cm³/mol. The molecule has 0 N–H and O–H groups in total. The second-order valence-corrected chi connectivity index (χ2v) is 5.93. The Labute approximate surface area is 139 Å². The molecule has 1 aromatic carbocycles. The van der Waals surface area contributed by atoms with Crippen molar-refractivity contribution in [2.45, 2.75) is 6.54 Å². The van der Waals surface area contributed by atoms with Gasteiger partial charge < -0.3 is 9.64 Å². The number of methoxy groups -OCH3 is 1. The number of hydrogen-bond donors (Lipinski definition) is 0. The largest absolute Gasteiger partial charge is 0.383 e. The molecule has 0 aliphatic carbocycles. The van der Waals surface area contributed by atoms with Crippen molar-refractivity contribution < 1.29 is 9.53 Å². The molecule has 0 atom stereocenters. The highest BCUT2D eigenvalue weighted by molar-refractivity contribution is 7.07. The van der Waals surface area contributed by atoms with Crippen LogP contribution in [-0.2, 0) is 16.1 Å². The van der Waals surface area contributed by atoms with Crippen LogP contribution in [0.15, 0.2) is 47.2 Å². The molecule has 1 amide bonds. The van der Waals surface area contributed by atoms with E-state index in [-0.39, 0.29) is 5.91 Å². The van der Waals surface area contributed by atoms with Gasteiger partial charge in [-0.3, -0.25) is 4.79 Å². The topological polar surface area (TPSA) is 29.5 Å². The molecular weight excluding hydrogens is 318 g/mol. The van der Waals surface area contributed by atoms with Gasteiger partial charge in [0.15, 0.2) is 0 Å². The zero-order valence-corrected chi connectivity index (χ0v) is 13.9. The third-order valence-electron chi connectivity index (χ3n) is 3.14. The van der Waals surface area contributed by atoms with E-state index in [0.717, 1.165) is 11.1 Å². The van der Waals surface area contributed by atoms with Crippen LogP contribution in [0.4, 0.5) is 0 Å². The molecule has 0 radical (unpaired) electrons. The van der Waals surface area contributed by atoms with Gasteiger partial charge in [-0.1, -0.05) is 29.8 Å². The maximum Gasteiger partial charge on any atom is 0.246 e. The third-order valence-corrected chi connectivity index (χ3v) is 4.22. The lowest BCUT2D eigenvalue weighted by Crippen LogP contribution is -2.31. The van der Waals surface area contributed by atoms with Crippen LogP contribution in [0.1, 0.15) is 11.1 Å². The van der Waals surface area contributed by atoms with E-state index in [9.17, 15) is 4.79 Å². The summed E-state index contributed by atoms with van der Waals surface area (Å²) < 4.78 is 5.09. The number of halogens is 1. The molecule has 0 saturated heterocycles. The first-order valence-corrected chi connectivity index (χ1v) is 8.24. The third kappa shape index (κ3) is 4.98. The van der Waals surface area contributed by atoms with Gasteiger partial charge in [-0.25, -0.2) is 0 Å². The molecule has 1 aromatic heterocycles. The molecule has 0 unspecified atom stereocenters. The summed E-state index contributed by atoms with van der Waals surface area (Å²) in [5.74, 6) is -0.0526. The van der Waals surface area contributed by atoms with Crippen molar-refractivity contribution in [1.29, 1.82) is 0 Å². The summed E-state index contributed by atoms with van der Waals surface area (Å²) in [6.07, 6.45) is 3.31. The van der Waals surface area contributed by atoms with Crippen molar-refractivity contribution in [3.63, 3.8) is 0 Å². The average Bonchev–Trinajstić information content (AvgIpc) is 3.03. The number of carbonyl (C=O) groups excluding carboxylic acids is 1. The van der Waals surface area contributed by atoms with Crippen LogP contribution < -0.4 is 0 Å². The van der Waals surface area contributed by atoms with Gasteiger partial charge in [-0.2, -0.15) is 11.3 Å². The van der Waals surface area contributed by atoms with Crippen molar-refractivity contribution in [2.75, 3.05) is 20.3 Å². The normalized spacial score (nSPS) is 11.0. The Balaban J connectivity index is 2.06. The lowest BCUT2D eigenvalue weighted by Gasteiger charge is -2.20. The summed E-state index contributed by atoms with van der Waals surface area (Å²) in [5.41, 5.74) is 1.96. The highest BCUT2D eigenvalue weighted by Gasteiger charge is 2.11. The minimum atomic E-state index is -0.0526. The van der Waals surface area contributed by atoms with Gasteiger partial charge in [-0.15, -0.1) is 0 Å². The number of nitrogens with zero attached hydrogens (tertiary/aromatic N) is 1. The molecular formula is C17H18ClNO2S. The number of hydrogen-bond acceptors (Lipinski definition) is 3. The fourth-order valence-corrected chi connectivity index (χ4v) is 2.81. The number of thiophene rings is 1. The van der Waals surface area contributed by atoms with E-state index in [1.165, 1.54) is 0 Å². The number of benzene rings is 1. The van der Waals surface area contributed by atoms with Crippen LogP contribution >= 0.6 is 22.9 Å². The van der Waals surface area contributed by atoms with Crippen LogP contribution in [0.25, 0.3) is 6.08 Å². The molecule has 0 fully saturated rings. The Morgan fingerprint density at radius 3 is 2.86 bits per heavy atom. The summed E-state index contributed by atoms with van der Waals surface area (Å²) in [6, 6.07) is 9.47. The van der Waals surface area contributed by atoms with E-state index in [1.807, 2.05) is 35.0 Å². The van der Waals surface area contributed by atoms with Crippen LogP contribution in [0.5, 0.6) is 0 Å². The van der Waals surface area contributed by atoms with Gasteiger partial charge in [0.25, 0.3) is 0 Å². The molecule has 3 nitrogen and oxygen atoms in total. The highest BCUT2D eigenvalue weighted by Crippen LogP contribution is 2.17. The highest BCUT2D eigenvalue weighted by atomic mass is 35.5. The SMILES string of the molecule is COCCN(Cc1ccsc1)C(=O)/C=C/c1ccccc1Cl. The van der Waals surface area contributed by atoms with Gasteiger partial charge in [-0.05, 0) is 40.1 Å². The van der Waals surface area contributed by atoms with Crippen molar-refractivity contribution in [3.05, 3.63) is 63.3 Å². The van der Waals surface area contributed by atoms with E-state index in [1.54, 1.807) is 41.6 Å². The molecule has 0 bridgehead atoms. The Morgan fingerprint density at radius 2 is 2.18 bits per heavy atom. The smallest absolute Gasteiger partial charge is 0.246 e. The number of amides is 1. The average molecular weight is 336 g/mol. The van der Waals surface area contributed by atoms with E-state index in [0.29, 0.717) is 24.7 Å². The first-order valence-electron chi connectivity index (χ1n) is 6.92. The molecule has 2 aromatic rings. The van der Waals surface area contributed by atoms with E-state index in [2.05, 4.69) is 0 Å². The fourth-order valence-electron chi connectivity index (χ4n) is 1.95. The zero-order valence-electron chi connectivity index (χ0n) is 12.4. The summed E-state index contributed by atoms with van der Waals surface area (Å²) in [5, 5.41) is 4.69. The van der Waals surface area contributed by atoms with Crippen LogP contribution in [-0.4, -0.2) is 31.1 Å². The second-order valence-electron chi connectivity index (χ2n) is 4.74. The Kier molecular flexibility index (Phi) is 6.65. The van der Waals surface area contributed by atoms with E-state index >= 15 is 0 Å². The number of ether oxygens (including phenoxy) is 1. The molecule has 0 aliphatic heterocycles. The summed E-state index contributed by atoms with van der Waals surface area (Å²) in [6.45, 7) is 1.65. The van der Waals surface area contributed by atoms with Crippen molar-refractivity contribution in [3.8, 4) is 0 Å². The molecule has 0 spiro atoms. The predicted octanol–water partition coefficient (Wildman–Crippen LogP) is 4.09. The standard InChI is InChI=1S/C17H18ClNO2S/c1-21-10-9-19(12-14-8-11-22-13-14)17(20)7-6-15-4-2-3-5-16(15)18/h2-8,11,13H,9-10,12H2,1H3/b7-6+. The molecule has 116 valence electrons. The van der Waals surface area contributed by atoms with E-state index < -0.39 is 0 Å². The fraction of sp³-hybridized carbons (Fsp3) is 0.235. The summed E-state index contributed by atoms with van der Waals surface area (Å²) >= 11 is 7.72. The molecule has 5 heteroatoms. The molecule has 22 heavy (non-hydrogen) atoms. The van der Waals surface area contributed by atoms with Crippen LogP contribution in [0.2, 0.25) is 5.02 Å². The van der Waals surface area contributed by atoms with Crippen molar-refractivity contribution >= 4 is 34.9 Å². The number of carbonyl (C=O) groups is 1. The quantitative estimate of drug-likeness (QED) is 0.713. The first kappa shape index (κ1) is 16.7. The summed E-state index contributed by atoms with van der Waals surface area (Å²) in [4.78, 5) is 14.2. The maximum absolute atomic E-state index is 12.4. The summed E-state index contributed by atoms with van der Waals surface area (Å²) in [7, 11) is 1.63. The van der Waals surface area contributed by atoms with Gasteiger partial charge in [0, 0.05) is 31.3 Å². The lowest BCUT2D eigenvalue weighted by molar-refractivity contribution is -0.127. The van der Waals surface area contributed by atoms with Gasteiger partial charge in [0.1, 0.15) is 0 Å². The molecule has 2 rings (SSSR count). The van der Waals surface area contributed by atoms with Crippen LogP contribution in [0, 0.1) is 0 Å². The minimum absolute atomic E-state index is 0.0526. The van der Waals surface area contributed by atoms with Gasteiger partial charge in [0.2, 0.25) is 5.91 Å². The van der Waals surface area contributed by atoms with Crippen molar-refractivity contribution in [2.24, 2.45) is 0 Å². The maximum atomic E-state index is 12.4. The Bertz CT molecular complexity index is 625. The zero-order chi connectivity index (χ0) is 15.8. The lowest BCUT2D eigenvalue weighted by atomic mass is 10.2. The van der Waals surface area contributed by atoms with Crippen LogP contribution in [0.3, 0.4) is 0 Å². The minimum Gasteiger partial charge on any atom is -0.383 e. The van der Waals surface area contributed by atoms with Crippen molar-refractivity contribution in [1.82, 2.24) is 4.90 Å².